The first kappa shape index (κ1) is 46.8. The van der Waals surface area contributed by atoms with Crippen LogP contribution in [0.15, 0.2) is 12.3 Å². The number of hydrogen-bond donors (Lipinski definition) is 4. The fourth-order valence-electron chi connectivity index (χ4n) is 5.55. The van der Waals surface area contributed by atoms with Gasteiger partial charge in [-0.15, -0.1) is 0 Å². The number of esters is 1. The summed E-state index contributed by atoms with van der Waals surface area (Å²) < 4.78 is 88.0. The highest BCUT2D eigenvalue weighted by Crippen LogP contribution is 2.29. The summed E-state index contributed by atoms with van der Waals surface area (Å²) in [6.07, 6.45) is 10.5. The summed E-state index contributed by atoms with van der Waals surface area (Å²) in [6.45, 7) is 8.63. The molecule has 11 nitrogen and oxygen atoms in total. The first-order valence-corrected chi connectivity index (χ1v) is 19.1. The molecule has 0 saturated carbocycles. The molecule has 1 aliphatic rings. The summed E-state index contributed by atoms with van der Waals surface area (Å²) in [6, 6.07) is 0. The van der Waals surface area contributed by atoms with Crippen molar-refractivity contribution in [1.82, 2.24) is 16.0 Å². The number of carbonyl (C=O) groups is 3. The third-order valence-electron chi connectivity index (χ3n) is 8.80. The molecule has 0 aliphatic carbocycles. The van der Waals surface area contributed by atoms with Crippen molar-refractivity contribution >= 4 is 17.8 Å². The lowest BCUT2D eigenvalue weighted by molar-refractivity contribution is -0.217. The lowest BCUT2D eigenvalue weighted by Gasteiger charge is -2.31. The monoisotopic (exact) mass is 779 g/mol. The van der Waals surface area contributed by atoms with Crippen LogP contribution in [-0.2, 0) is 28.6 Å². The molecule has 54 heavy (non-hydrogen) atoms. The summed E-state index contributed by atoms with van der Waals surface area (Å²) in [5.74, 6) is -13.8. The average Bonchev–Trinajstić information content (AvgIpc) is 3.15. The largest absolute Gasteiger partial charge is 0.420 e. The summed E-state index contributed by atoms with van der Waals surface area (Å²) in [5.41, 5.74) is 0.914. The highest BCUT2D eigenvalue weighted by atomic mass is 19.2. The minimum absolute atomic E-state index is 0.0320. The van der Waals surface area contributed by atoms with Gasteiger partial charge < -0.3 is 40.0 Å². The molecule has 2 rings (SSSR count). The molecule has 308 valence electrons. The Balaban J connectivity index is 1.31. The van der Waals surface area contributed by atoms with Crippen molar-refractivity contribution in [3.8, 4) is 5.75 Å². The molecule has 1 saturated heterocycles. The predicted molar refractivity (Wildman–Crippen MR) is 191 cm³/mol. The molecule has 1 aromatic rings. The third-order valence-corrected chi connectivity index (χ3v) is 8.80. The maximum Gasteiger partial charge on any atom is 0.311 e. The third kappa shape index (κ3) is 19.3. The highest BCUT2D eigenvalue weighted by Gasteiger charge is 2.29. The van der Waals surface area contributed by atoms with Crippen LogP contribution in [0, 0.1) is 29.1 Å². The van der Waals surface area contributed by atoms with Crippen LogP contribution < -0.4 is 20.7 Å². The van der Waals surface area contributed by atoms with Gasteiger partial charge in [-0.25, -0.2) is 13.2 Å². The van der Waals surface area contributed by atoms with Crippen molar-refractivity contribution in [2.24, 2.45) is 0 Å². The van der Waals surface area contributed by atoms with Crippen molar-refractivity contribution in [2.75, 3.05) is 39.5 Å². The Labute approximate surface area is 315 Å². The van der Waals surface area contributed by atoms with E-state index in [4.69, 9.17) is 14.2 Å². The molecule has 1 aliphatic heterocycles. The molecule has 16 heteroatoms. The zero-order valence-corrected chi connectivity index (χ0v) is 31.4. The van der Waals surface area contributed by atoms with Crippen LogP contribution >= 0.6 is 0 Å². The predicted octanol–water partition coefficient (Wildman–Crippen LogP) is 6.39. The molecule has 2 amide bonds. The summed E-state index contributed by atoms with van der Waals surface area (Å²) in [5, 5.41) is 18.6. The van der Waals surface area contributed by atoms with E-state index in [-0.39, 0.29) is 37.0 Å². The van der Waals surface area contributed by atoms with Gasteiger partial charge in [-0.1, -0.05) is 45.1 Å². The van der Waals surface area contributed by atoms with Crippen molar-refractivity contribution in [3.63, 3.8) is 0 Å². The van der Waals surface area contributed by atoms with Gasteiger partial charge in [0.2, 0.25) is 46.6 Å². The molecular weight excluding hydrogens is 721 g/mol. The number of halogens is 5. The summed E-state index contributed by atoms with van der Waals surface area (Å²) in [7, 11) is 0. The molecule has 1 fully saturated rings. The highest BCUT2D eigenvalue weighted by molar-refractivity contribution is 5.76. The Morgan fingerprint density at radius 3 is 1.85 bits per heavy atom. The van der Waals surface area contributed by atoms with E-state index in [9.17, 15) is 41.4 Å². The fraction of sp³-hybridized carbons (Fsp3) is 0.711. The van der Waals surface area contributed by atoms with Crippen LogP contribution in [0.2, 0.25) is 0 Å². The van der Waals surface area contributed by atoms with Gasteiger partial charge in [0.1, 0.15) is 0 Å². The van der Waals surface area contributed by atoms with E-state index in [0.29, 0.717) is 84.4 Å². The maximum atomic E-state index is 13.6. The number of unbranched alkanes of at least 4 members (excludes halogenated alkanes) is 8. The number of hydrogen-bond acceptors (Lipinski definition) is 9. The average molecular weight is 780 g/mol. The standard InChI is InChI=1S/C38H58F5N3O8/c1-26(14-9-7-5-3-4-6-8-10-16-31(50)54-38-36(42)34(40)33(39)35(41)37(38)43)44-22-25-51-24-19-30(49)46-21-13-20-45-29(48)15-11-12-23-52-32-18-17-28(47)27(2)53-32/h27-28,32,44,47H,1,3-25H2,2H3,(H,45,48)(H,46,49). The van der Waals surface area contributed by atoms with Crippen molar-refractivity contribution in [3.05, 3.63) is 41.4 Å². The molecule has 0 bridgehead atoms. The van der Waals surface area contributed by atoms with Gasteiger partial charge in [0.15, 0.2) is 6.29 Å². The topological polar surface area (TPSA) is 144 Å². The van der Waals surface area contributed by atoms with Gasteiger partial charge >= 0.3 is 5.97 Å². The second-order valence-electron chi connectivity index (χ2n) is 13.4. The summed E-state index contributed by atoms with van der Waals surface area (Å²) >= 11 is 0. The van der Waals surface area contributed by atoms with Crippen LogP contribution in [0.5, 0.6) is 5.75 Å². The number of aliphatic hydroxyl groups is 1. The normalized spacial score (nSPS) is 16.9. The SMILES string of the molecule is C=C(CCCCCCCCCCC(=O)Oc1c(F)c(F)c(F)c(F)c1F)NCCOCCC(=O)NCCCNC(=O)CCCCOC1CCC(O)C(C)O1. The lowest BCUT2D eigenvalue weighted by atomic mass is 10.1. The van der Waals surface area contributed by atoms with E-state index in [2.05, 4.69) is 27.3 Å². The maximum absolute atomic E-state index is 13.6. The van der Waals surface area contributed by atoms with Crippen LogP contribution in [0.3, 0.4) is 0 Å². The van der Waals surface area contributed by atoms with Gasteiger partial charge in [0, 0.05) is 57.6 Å². The molecule has 4 N–H and O–H groups in total. The fourth-order valence-corrected chi connectivity index (χ4v) is 5.55. The molecule has 1 aromatic carbocycles. The molecule has 0 spiro atoms. The van der Waals surface area contributed by atoms with Gasteiger partial charge in [-0.05, 0) is 51.9 Å². The Hall–Kier alpha value is -3.34. The van der Waals surface area contributed by atoms with E-state index in [0.717, 1.165) is 57.1 Å². The van der Waals surface area contributed by atoms with Crippen molar-refractivity contribution < 1.29 is 60.4 Å². The molecule has 0 aromatic heterocycles. The van der Waals surface area contributed by atoms with Gasteiger partial charge in [0.25, 0.3) is 0 Å². The van der Waals surface area contributed by atoms with Crippen LogP contribution in [0.1, 0.15) is 116 Å². The van der Waals surface area contributed by atoms with Crippen LogP contribution in [0.4, 0.5) is 22.0 Å². The van der Waals surface area contributed by atoms with Crippen molar-refractivity contribution in [1.29, 1.82) is 0 Å². The van der Waals surface area contributed by atoms with Crippen LogP contribution in [0.25, 0.3) is 0 Å². The van der Waals surface area contributed by atoms with Crippen molar-refractivity contribution in [2.45, 2.75) is 135 Å². The number of allylic oxidation sites excluding steroid dienone is 1. The molecule has 3 unspecified atom stereocenters. The number of carbonyl (C=O) groups excluding carboxylic acids is 3. The summed E-state index contributed by atoms with van der Waals surface area (Å²) in [4.78, 5) is 35.8. The molecule has 0 radical (unpaired) electrons. The smallest absolute Gasteiger partial charge is 0.311 e. The molecule has 3 atom stereocenters. The van der Waals surface area contributed by atoms with Crippen LogP contribution in [-0.4, -0.2) is 80.8 Å². The van der Waals surface area contributed by atoms with E-state index in [1.807, 2.05) is 6.92 Å². The number of nitrogens with one attached hydrogen (secondary N) is 3. The Bertz CT molecular complexity index is 1280. The first-order valence-electron chi connectivity index (χ1n) is 19.1. The number of rotatable bonds is 29. The van der Waals surface area contributed by atoms with E-state index in [1.165, 1.54) is 0 Å². The zero-order valence-electron chi connectivity index (χ0n) is 31.4. The number of amides is 2. The number of ether oxygens (including phenoxy) is 4. The second kappa shape index (κ2) is 27.3. The van der Waals surface area contributed by atoms with E-state index < -0.39 is 46.9 Å². The quantitative estimate of drug-likeness (QED) is 0.0182. The Morgan fingerprint density at radius 2 is 1.22 bits per heavy atom. The Kier molecular flexibility index (Phi) is 23.6. The number of aliphatic hydroxyl groups excluding tert-OH is 1. The minimum Gasteiger partial charge on any atom is -0.420 e. The molecular formula is C38H58F5N3O8. The minimum atomic E-state index is -2.31. The van der Waals surface area contributed by atoms with Gasteiger partial charge in [0.05, 0.1) is 25.4 Å². The lowest BCUT2D eigenvalue weighted by Crippen LogP contribution is -2.38. The molecule has 1 heterocycles. The zero-order chi connectivity index (χ0) is 39.7. The Morgan fingerprint density at radius 1 is 0.667 bits per heavy atom. The van der Waals surface area contributed by atoms with E-state index >= 15 is 0 Å². The first-order chi connectivity index (χ1) is 25.9. The van der Waals surface area contributed by atoms with Gasteiger partial charge in [-0.2, -0.15) is 8.78 Å². The van der Waals surface area contributed by atoms with E-state index in [1.54, 1.807) is 0 Å². The van der Waals surface area contributed by atoms with Gasteiger partial charge in [-0.3, -0.25) is 14.4 Å². The second-order valence-corrected chi connectivity index (χ2v) is 13.4. The number of benzene rings is 1.